The van der Waals surface area contributed by atoms with Gasteiger partial charge in [-0.3, -0.25) is 4.90 Å². The number of methoxy groups -OCH3 is 1. The predicted molar refractivity (Wildman–Crippen MR) is 90.8 cm³/mol. The van der Waals surface area contributed by atoms with E-state index in [1.165, 1.54) is 4.88 Å². The van der Waals surface area contributed by atoms with Crippen molar-refractivity contribution in [2.75, 3.05) is 20.7 Å². The Kier molecular flexibility index (Phi) is 5.75. The molecule has 4 nitrogen and oxygen atoms in total. The lowest BCUT2D eigenvalue weighted by atomic mass is 10.1. The fraction of sp³-hybridized carbons (Fsp3) is 0.400. The molecule has 1 heterocycles. The molecule has 0 amide bonds. The molecule has 0 radical (unpaired) electrons. The number of halogens is 1. The van der Waals surface area contributed by atoms with Crippen LogP contribution in [0.25, 0.3) is 0 Å². The zero-order chi connectivity index (χ0) is 15.4. The highest BCUT2D eigenvalue weighted by molar-refractivity contribution is 9.10. The van der Waals surface area contributed by atoms with Gasteiger partial charge in [0.15, 0.2) is 0 Å². The van der Waals surface area contributed by atoms with Crippen LogP contribution in [0.2, 0.25) is 0 Å². The maximum absolute atomic E-state index is 6.02. The normalized spacial score (nSPS) is 12.7. The lowest BCUT2D eigenvalue weighted by Gasteiger charge is -2.28. The second-order valence-corrected chi connectivity index (χ2v) is 6.71. The van der Waals surface area contributed by atoms with Crippen molar-refractivity contribution < 1.29 is 4.74 Å². The van der Waals surface area contributed by atoms with Crippen molar-refractivity contribution in [2.24, 2.45) is 5.73 Å². The van der Waals surface area contributed by atoms with E-state index in [9.17, 15) is 0 Å². The van der Waals surface area contributed by atoms with Crippen molar-refractivity contribution in [1.29, 1.82) is 0 Å². The van der Waals surface area contributed by atoms with Crippen LogP contribution < -0.4 is 10.5 Å². The van der Waals surface area contributed by atoms with Gasteiger partial charge in [0.05, 0.1) is 18.3 Å². The zero-order valence-electron chi connectivity index (χ0n) is 12.5. The fourth-order valence-corrected chi connectivity index (χ4v) is 3.61. The minimum Gasteiger partial charge on any atom is -0.497 e. The van der Waals surface area contributed by atoms with Crippen LogP contribution in [0, 0.1) is 6.92 Å². The first kappa shape index (κ1) is 16.4. The number of nitrogens with zero attached hydrogens (tertiary/aromatic N) is 2. The highest BCUT2D eigenvalue weighted by Gasteiger charge is 2.20. The summed E-state index contributed by atoms with van der Waals surface area (Å²) in [4.78, 5) is 7.83. The number of aryl methyl sites for hydroxylation is 1. The molecule has 1 aromatic heterocycles. The van der Waals surface area contributed by atoms with E-state index in [4.69, 9.17) is 10.5 Å². The quantitative estimate of drug-likeness (QED) is 0.847. The van der Waals surface area contributed by atoms with Gasteiger partial charge in [-0.1, -0.05) is 15.9 Å². The minimum atomic E-state index is 0.121. The summed E-state index contributed by atoms with van der Waals surface area (Å²) in [5.41, 5.74) is 10.1. The van der Waals surface area contributed by atoms with Gasteiger partial charge in [0.1, 0.15) is 5.75 Å². The average Bonchev–Trinajstić information content (AvgIpc) is 2.87. The standard InChI is InChI=1S/C15H20BrN3OS/c1-10-15(21-9-18-10)8-19(2)14(7-17)12-6-11(20-3)4-5-13(12)16/h4-6,9,14H,7-8,17H2,1-3H3. The Hall–Kier alpha value is -0.950. The summed E-state index contributed by atoms with van der Waals surface area (Å²) in [6.45, 7) is 3.42. The van der Waals surface area contributed by atoms with E-state index in [2.05, 4.69) is 32.9 Å². The number of nitrogens with two attached hydrogens (primary N) is 1. The SMILES string of the molecule is COc1ccc(Br)c(C(CN)N(C)Cc2scnc2C)c1. The van der Waals surface area contributed by atoms with Gasteiger partial charge in [0.25, 0.3) is 0 Å². The van der Waals surface area contributed by atoms with Crippen molar-refractivity contribution in [3.05, 3.63) is 44.3 Å². The van der Waals surface area contributed by atoms with Crippen molar-refractivity contribution >= 4 is 27.3 Å². The molecule has 0 saturated carbocycles. The molecule has 6 heteroatoms. The molecular formula is C15H20BrN3OS. The van der Waals surface area contributed by atoms with E-state index in [0.29, 0.717) is 6.54 Å². The van der Waals surface area contributed by atoms with Crippen LogP contribution in [0.4, 0.5) is 0 Å². The van der Waals surface area contributed by atoms with E-state index in [1.54, 1.807) is 18.4 Å². The molecular weight excluding hydrogens is 350 g/mol. The molecule has 0 aliphatic rings. The van der Waals surface area contributed by atoms with E-state index >= 15 is 0 Å². The van der Waals surface area contributed by atoms with Gasteiger partial charge in [-0.05, 0) is 37.7 Å². The number of rotatable bonds is 6. The highest BCUT2D eigenvalue weighted by Crippen LogP contribution is 2.31. The summed E-state index contributed by atoms with van der Waals surface area (Å²) < 4.78 is 6.37. The van der Waals surface area contributed by atoms with Gasteiger partial charge in [-0.25, -0.2) is 4.98 Å². The summed E-state index contributed by atoms with van der Waals surface area (Å²) >= 11 is 5.30. The number of ether oxygens (including phenoxy) is 1. The Labute approximate surface area is 138 Å². The molecule has 1 atom stereocenters. The number of aromatic nitrogens is 1. The molecule has 0 fully saturated rings. The van der Waals surface area contributed by atoms with E-state index < -0.39 is 0 Å². The van der Waals surface area contributed by atoms with Crippen LogP contribution in [-0.4, -0.2) is 30.6 Å². The summed E-state index contributed by atoms with van der Waals surface area (Å²) in [6, 6.07) is 6.10. The molecule has 0 bridgehead atoms. The smallest absolute Gasteiger partial charge is 0.119 e. The molecule has 1 unspecified atom stereocenters. The molecule has 2 aromatic rings. The first-order valence-corrected chi connectivity index (χ1v) is 8.36. The second kappa shape index (κ2) is 7.35. The number of thiazole rings is 1. The Bertz CT molecular complexity index is 602. The highest BCUT2D eigenvalue weighted by atomic mass is 79.9. The van der Waals surface area contributed by atoms with Gasteiger partial charge < -0.3 is 10.5 Å². The Morgan fingerprint density at radius 2 is 2.24 bits per heavy atom. The first-order chi connectivity index (χ1) is 10.1. The lowest BCUT2D eigenvalue weighted by Crippen LogP contribution is -2.30. The third-order valence-electron chi connectivity index (χ3n) is 3.56. The van der Waals surface area contributed by atoms with Crippen molar-refractivity contribution in [3.8, 4) is 5.75 Å². The largest absolute Gasteiger partial charge is 0.497 e. The van der Waals surface area contributed by atoms with Crippen LogP contribution in [0.5, 0.6) is 5.75 Å². The summed E-state index contributed by atoms with van der Waals surface area (Å²) in [5, 5.41) is 0. The summed E-state index contributed by atoms with van der Waals surface area (Å²) in [5.74, 6) is 0.842. The third kappa shape index (κ3) is 3.83. The monoisotopic (exact) mass is 369 g/mol. The first-order valence-electron chi connectivity index (χ1n) is 6.69. The number of hydrogen-bond acceptors (Lipinski definition) is 5. The lowest BCUT2D eigenvalue weighted by molar-refractivity contribution is 0.242. The molecule has 0 spiro atoms. The number of likely N-dealkylation sites (N-methyl/N-ethyl adjacent to an activating group) is 1. The van der Waals surface area contributed by atoms with Crippen LogP contribution >= 0.6 is 27.3 Å². The third-order valence-corrected chi connectivity index (χ3v) is 5.20. The molecule has 0 saturated heterocycles. The van der Waals surface area contributed by atoms with E-state index in [0.717, 1.165) is 28.0 Å². The fourth-order valence-electron chi connectivity index (χ4n) is 2.26. The van der Waals surface area contributed by atoms with Crippen molar-refractivity contribution in [2.45, 2.75) is 19.5 Å². The van der Waals surface area contributed by atoms with Crippen LogP contribution in [0.1, 0.15) is 22.2 Å². The van der Waals surface area contributed by atoms with Gasteiger partial charge >= 0.3 is 0 Å². The number of hydrogen-bond donors (Lipinski definition) is 1. The molecule has 0 aliphatic carbocycles. The summed E-state index contributed by atoms with van der Waals surface area (Å²) in [7, 11) is 3.76. The zero-order valence-corrected chi connectivity index (χ0v) is 14.9. The molecule has 0 aliphatic heterocycles. The van der Waals surface area contributed by atoms with Gasteiger partial charge in [-0.15, -0.1) is 11.3 Å². The van der Waals surface area contributed by atoms with Gasteiger partial charge in [0.2, 0.25) is 0 Å². The maximum Gasteiger partial charge on any atom is 0.119 e. The number of benzene rings is 1. The Morgan fingerprint density at radius 3 is 2.81 bits per heavy atom. The van der Waals surface area contributed by atoms with Crippen LogP contribution in [0.15, 0.2) is 28.2 Å². The Balaban J connectivity index is 2.24. The van der Waals surface area contributed by atoms with Crippen molar-refractivity contribution in [1.82, 2.24) is 9.88 Å². The second-order valence-electron chi connectivity index (χ2n) is 4.92. The topological polar surface area (TPSA) is 51.4 Å². The van der Waals surface area contributed by atoms with E-state index in [-0.39, 0.29) is 6.04 Å². The molecule has 114 valence electrons. The molecule has 2 N–H and O–H groups in total. The summed E-state index contributed by atoms with van der Waals surface area (Å²) in [6.07, 6.45) is 0. The molecule has 1 aromatic carbocycles. The van der Waals surface area contributed by atoms with E-state index in [1.807, 2.05) is 30.6 Å². The maximum atomic E-state index is 6.02. The van der Waals surface area contributed by atoms with Gasteiger partial charge in [-0.2, -0.15) is 0 Å². The van der Waals surface area contributed by atoms with Gasteiger partial charge in [0, 0.05) is 28.5 Å². The molecule has 2 rings (SSSR count). The minimum absolute atomic E-state index is 0.121. The average molecular weight is 370 g/mol. The Morgan fingerprint density at radius 1 is 1.48 bits per heavy atom. The van der Waals surface area contributed by atoms with Crippen molar-refractivity contribution in [3.63, 3.8) is 0 Å². The van der Waals surface area contributed by atoms with Crippen LogP contribution in [0.3, 0.4) is 0 Å². The predicted octanol–water partition coefficient (Wildman–Crippen LogP) is 3.35. The molecule has 21 heavy (non-hydrogen) atoms. The van der Waals surface area contributed by atoms with Crippen LogP contribution in [-0.2, 0) is 6.54 Å².